The SMILES string of the molecule is CN=C(NCCCOc1cccc(OC)c1)NCc1ccc(OC)c(OC)c1. The molecular formula is C21H29N3O4. The average Bonchev–Trinajstić information content (AvgIpc) is 2.75. The second-order valence-corrected chi connectivity index (χ2v) is 5.92. The van der Waals surface area contributed by atoms with Gasteiger partial charge in [0.2, 0.25) is 0 Å². The zero-order valence-corrected chi connectivity index (χ0v) is 17.0. The molecular weight excluding hydrogens is 358 g/mol. The van der Waals surface area contributed by atoms with Gasteiger partial charge in [-0.25, -0.2) is 0 Å². The van der Waals surface area contributed by atoms with E-state index in [9.17, 15) is 0 Å². The third kappa shape index (κ3) is 6.57. The first-order valence-electron chi connectivity index (χ1n) is 9.12. The first kappa shape index (κ1) is 21.2. The third-order valence-electron chi connectivity index (χ3n) is 4.06. The molecule has 2 aromatic carbocycles. The molecule has 7 heteroatoms. The van der Waals surface area contributed by atoms with Crippen molar-refractivity contribution < 1.29 is 18.9 Å². The summed E-state index contributed by atoms with van der Waals surface area (Å²) < 4.78 is 21.5. The first-order valence-corrected chi connectivity index (χ1v) is 9.12. The Kier molecular flexibility index (Phi) is 8.78. The van der Waals surface area contributed by atoms with Gasteiger partial charge >= 0.3 is 0 Å². The molecule has 0 saturated heterocycles. The van der Waals surface area contributed by atoms with Crippen molar-refractivity contribution in [3.63, 3.8) is 0 Å². The Morgan fingerprint density at radius 2 is 1.68 bits per heavy atom. The van der Waals surface area contributed by atoms with Gasteiger partial charge in [0.05, 0.1) is 27.9 Å². The molecule has 2 rings (SSSR count). The number of nitrogens with zero attached hydrogens (tertiary/aromatic N) is 1. The van der Waals surface area contributed by atoms with E-state index in [-0.39, 0.29) is 0 Å². The Balaban J connectivity index is 1.71. The Labute approximate surface area is 166 Å². The predicted octanol–water partition coefficient (Wildman–Crippen LogP) is 2.85. The van der Waals surface area contributed by atoms with Crippen LogP contribution in [0.3, 0.4) is 0 Å². The van der Waals surface area contributed by atoms with E-state index in [0.29, 0.717) is 24.7 Å². The van der Waals surface area contributed by atoms with Crippen LogP contribution < -0.4 is 29.6 Å². The number of rotatable bonds is 10. The summed E-state index contributed by atoms with van der Waals surface area (Å²) in [6.45, 7) is 1.97. The molecule has 2 aromatic rings. The molecule has 0 spiro atoms. The number of ether oxygens (including phenoxy) is 4. The summed E-state index contributed by atoms with van der Waals surface area (Å²) in [5.41, 5.74) is 1.07. The Morgan fingerprint density at radius 1 is 0.893 bits per heavy atom. The lowest BCUT2D eigenvalue weighted by Crippen LogP contribution is -2.37. The summed E-state index contributed by atoms with van der Waals surface area (Å²) in [4.78, 5) is 4.24. The summed E-state index contributed by atoms with van der Waals surface area (Å²) in [6, 6.07) is 13.4. The monoisotopic (exact) mass is 387 g/mol. The number of methoxy groups -OCH3 is 3. The second kappa shape index (κ2) is 11.6. The number of nitrogens with one attached hydrogen (secondary N) is 2. The van der Waals surface area contributed by atoms with Crippen LogP contribution in [0, 0.1) is 0 Å². The van der Waals surface area contributed by atoms with Gasteiger partial charge in [0.15, 0.2) is 17.5 Å². The van der Waals surface area contributed by atoms with E-state index in [1.165, 1.54) is 0 Å². The lowest BCUT2D eigenvalue weighted by molar-refractivity contribution is 0.308. The molecule has 0 aromatic heterocycles. The van der Waals surface area contributed by atoms with Crippen molar-refractivity contribution in [2.24, 2.45) is 4.99 Å². The fourth-order valence-electron chi connectivity index (χ4n) is 2.56. The Morgan fingerprint density at radius 3 is 2.39 bits per heavy atom. The lowest BCUT2D eigenvalue weighted by Gasteiger charge is -2.14. The highest BCUT2D eigenvalue weighted by Crippen LogP contribution is 2.27. The highest BCUT2D eigenvalue weighted by Gasteiger charge is 2.05. The van der Waals surface area contributed by atoms with E-state index in [0.717, 1.165) is 36.0 Å². The van der Waals surface area contributed by atoms with Crippen LogP contribution in [0.5, 0.6) is 23.0 Å². The van der Waals surface area contributed by atoms with Crippen LogP contribution in [0.25, 0.3) is 0 Å². The summed E-state index contributed by atoms with van der Waals surface area (Å²) >= 11 is 0. The topological polar surface area (TPSA) is 73.3 Å². The minimum atomic E-state index is 0.604. The van der Waals surface area contributed by atoms with Gasteiger partial charge in [0, 0.05) is 26.2 Å². The average molecular weight is 387 g/mol. The van der Waals surface area contributed by atoms with Crippen molar-refractivity contribution in [1.29, 1.82) is 0 Å². The zero-order chi connectivity index (χ0) is 20.2. The van der Waals surface area contributed by atoms with Crippen LogP contribution in [0.2, 0.25) is 0 Å². The first-order chi connectivity index (χ1) is 13.7. The fourth-order valence-corrected chi connectivity index (χ4v) is 2.56. The maximum atomic E-state index is 5.73. The van der Waals surface area contributed by atoms with Gasteiger partial charge in [0.1, 0.15) is 11.5 Å². The summed E-state index contributed by atoms with van der Waals surface area (Å²) in [7, 11) is 6.64. The van der Waals surface area contributed by atoms with Crippen LogP contribution in [-0.4, -0.2) is 47.5 Å². The maximum Gasteiger partial charge on any atom is 0.191 e. The van der Waals surface area contributed by atoms with Crippen LogP contribution in [0.1, 0.15) is 12.0 Å². The number of hydrogen-bond donors (Lipinski definition) is 2. The molecule has 0 aliphatic rings. The largest absolute Gasteiger partial charge is 0.497 e. The molecule has 2 N–H and O–H groups in total. The maximum absolute atomic E-state index is 5.73. The van der Waals surface area contributed by atoms with Gasteiger partial charge in [-0.05, 0) is 36.2 Å². The quantitative estimate of drug-likeness (QED) is 0.371. The van der Waals surface area contributed by atoms with Gasteiger partial charge in [-0.15, -0.1) is 0 Å². The van der Waals surface area contributed by atoms with Crippen molar-refractivity contribution in [1.82, 2.24) is 10.6 Å². The van der Waals surface area contributed by atoms with Gasteiger partial charge in [-0.1, -0.05) is 12.1 Å². The van der Waals surface area contributed by atoms with Gasteiger partial charge in [-0.2, -0.15) is 0 Å². The summed E-state index contributed by atoms with van der Waals surface area (Å²) in [6.07, 6.45) is 0.842. The molecule has 0 saturated carbocycles. The summed E-state index contributed by atoms with van der Waals surface area (Å²) in [5, 5.41) is 6.56. The number of hydrogen-bond acceptors (Lipinski definition) is 5. The minimum Gasteiger partial charge on any atom is -0.497 e. The third-order valence-corrected chi connectivity index (χ3v) is 4.06. The summed E-state index contributed by atoms with van der Waals surface area (Å²) in [5.74, 6) is 3.74. The number of guanidine groups is 1. The Hall–Kier alpha value is -3.09. The van der Waals surface area contributed by atoms with E-state index in [4.69, 9.17) is 18.9 Å². The number of aliphatic imine (C=N–C) groups is 1. The molecule has 28 heavy (non-hydrogen) atoms. The second-order valence-electron chi connectivity index (χ2n) is 5.92. The zero-order valence-electron chi connectivity index (χ0n) is 17.0. The highest BCUT2D eigenvalue weighted by atomic mass is 16.5. The number of benzene rings is 2. The fraction of sp³-hybridized carbons (Fsp3) is 0.381. The molecule has 0 radical (unpaired) electrons. The molecule has 0 aliphatic heterocycles. The van der Waals surface area contributed by atoms with E-state index in [1.54, 1.807) is 28.4 Å². The molecule has 7 nitrogen and oxygen atoms in total. The molecule has 0 heterocycles. The van der Waals surface area contributed by atoms with Gasteiger partial charge in [-0.3, -0.25) is 4.99 Å². The van der Waals surface area contributed by atoms with E-state index >= 15 is 0 Å². The van der Waals surface area contributed by atoms with E-state index < -0.39 is 0 Å². The van der Waals surface area contributed by atoms with Gasteiger partial charge in [0.25, 0.3) is 0 Å². The van der Waals surface area contributed by atoms with Crippen molar-refractivity contribution in [2.75, 3.05) is 41.5 Å². The van der Waals surface area contributed by atoms with Crippen LogP contribution in [-0.2, 0) is 6.54 Å². The molecule has 0 amide bonds. The standard InChI is InChI=1S/C21H29N3O4/c1-22-21(24-15-16-9-10-19(26-3)20(13-16)27-4)23-11-6-12-28-18-8-5-7-17(14-18)25-2/h5,7-10,13-14H,6,11-12,15H2,1-4H3,(H2,22,23,24). The van der Waals surface area contributed by atoms with E-state index in [2.05, 4.69) is 15.6 Å². The molecule has 0 aliphatic carbocycles. The molecule has 0 atom stereocenters. The van der Waals surface area contributed by atoms with Gasteiger partial charge < -0.3 is 29.6 Å². The molecule has 0 unspecified atom stereocenters. The van der Waals surface area contributed by atoms with Crippen LogP contribution in [0.4, 0.5) is 0 Å². The van der Waals surface area contributed by atoms with Crippen molar-refractivity contribution in [3.8, 4) is 23.0 Å². The van der Waals surface area contributed by atoms with Crippen molar-refractivity contribution >= 4 is 5.96 Å². The molecule has 0 fully saturated rings. The normalized spacial score (nSPS) is 10.9. The van der Waals surface area contributed by atoms with E-state index in [1.807, 2.05) is 42.5 Å². The van der Waals surface area contributed by atoms with Crippen LogP contribution >= 0.6 is 0 Å². The molecule has 0 bridgehead atoms. The minimum absolute atomic E-state index is 0.604. The van der Waals surface area contributed by atoms with Crippen LogP contribution in [0.15, 0.2) is 47.5 Å². The predicted molar refractivity (Wildman–Crippen MR) is 111 cm³/mol. The van der Waals surface area contributed by atoms with Crippen molar-refractivity contribution in [2.45, 2.75) is 13.0 Å². The smallest absolute Gasteiger partial charge is 0.191 e. The lowest BCUT2D eigenvalue weighted by atomic mass is 10.2. The Bertz CT molecular complexity index is 765. The van der Waals surface area contributed by atoms with Crippen molar-refractivity contribution in [3.05, 3.63) is 48.0 Å². The molecule has 152 valence electrons. The highest BCUT2D eigenvalue weighted by molar-refractivity contribution is 5.79.